The highest BCUT2D eigenvalue weighted by atomic mass is 32.1. The molecule has 1 amide bonds. The lowest BCUT2D eigenvalue weighted by molar-refractivity contribution is 0.0991. The molecule has 2 aromatic rings. The van der Waals surface area contributed by atoms with Gasteiger partial charge in [0.05, 0.1) is 11.9 Å². The van der Waals surface area contributed by atoms with Crippen molar-refractivity contribution in [2.45, 2.75) is 20.0 Å². The molecule has 0 aliphatic heterocycles. The fraction of sp³-hybridized carbons (Fsp3) is 0.214. The summed E-state index contributed by atoms with van der Waals surface area (Å²) in [6.07, 6.45) is 1.54. The maximum absolute atomic E-state index is 11.5. The summed E-state index contributed by atoms with van der Waals surface area (Å²) in [4.78, 5) is 11.5. The Balaban J connectivity index is 2.00. The molecule has 7 heteroatoms. The van der Waals surface area contributed by atoms with Crippen molar-refractivity contribution < 1.29 is 4.79 Å². The maximum atomic E-state index is 11.5. The van der Waals surface area contributed by atoms with Crippen LogP contribution in [0.3, 0.4) is 0 Å². The van der Waals surface area contributed by atoms with Crippen LogP contribution in [-0.4, -0.2) is 20.8 Å². The third-order valence-electron chi connectivity index (χ3n) is 2.92. The molecule has 6 nitrogen and oxygen atoms in total. The minimum Gasteiger partial charge on any atom is -0.364 e. The van der Waals surface area contributed by atoms with Gasteiger partial charge in [-0.3, -0.25) is 9.48 Å². The Morgan fingerprint density at radius 2 is 2.10 bits per heavy atom. The van der Waals surface area contributed by atoms with Crippen molar-refractivity contribution >= 4 is 28.9 Å². The molecule has 110 valence electrons. The number of nitrogens with one attached hydrogen (secondary N) is 2. The molecule has 0 fully saturated rings. The van der Waals surface area contributed by atoms with E-state index in [1.54, 1.807) is 6.20 Å². The monoisotopic (exact) mass is 303 g/mol. The standard InChI is InChI=1S/C14H17N5OS/c1-2-19-12(13(15)20)11(9-17-19)18-14(21)16-8-10-6-4-3-5-7-10/h3-7,9H,2,8H2,1H3,(H2,15,20)(H2,16,18,21). The first-order valence-electron chi connectivity index (χ1n) is 6.56. The molecule has 1 heterocycles. The summed E-state index contributed by atoms with van der Waals surface area (Å²) in [5, 5.41) is 10.5. The lowest BCUT2D eigenvalue weighted by Gasteiger charge is -2.10. The second-order valence-electron chi connectivity index (χ2n) is 4.38. The Hall–Kier alpha value is -2.41. The third-order valence-corrected chi connectivity index (χ3v) is 3.16. The predicted molar refractivity (Wildman–Crippen MR) is 85.9 cm³/mol. The van der Waals surface area contributed by atoms with Crippen LogP contribution in [0.4, 0.5) is 5.69 Å². The second-order valence-corrected chi connectivity index (χ2v) is 4.79. The van der Waals surface area contributed by atoms with Gasteiger partial charge < -0.3 is 16.4 Å². The number of primary amides is 1. The molecular weight excluding hydrogens is 286 g/mol. The van der Waals surface area contributed by atoms with Gasteiger partial charge in [0.15, 0.2) is 5.11 Å². The van der Waals surface area contributed by atoms with Gasteiger partial charge in [-0.15, -0.1) is 0 Å². The van der Waals surface area contributed by atoms with Crippen LogP contribution in [0.25, 0.3) is 0 Å². The topological polar surface area (TPSA) is 85.0 Å². The highest BCUT2D eigenvalue weighted by Crippen LogP contribution is 2.14. The zero-order valence-electron chi connectivity index (χ0n) is 11.7. The van der Waals surface area contributed by atoms with E-state index in [0.29, 0.717) is 29.6 Å². The Morgan fingerprint density at radius 1 is 1.38 bits per heavy atom. The van der Waals surface area contributed by atoms with E-state index in [0.717, 1.165) is 5.56 Å². The van der Waals surface area contributed by atoms with Gasteiger partial charge in [-0.05, 0) is 24.7 Å². The molecule has 0 atom stereocenters. The van der Waals surface area contributed by atoms with Crippen LogP contribution >= 0.6 is 12.2 Å². The molecule has 0 saturated carbocycles. The molecule has 0 saturated heterocycles. The number of benzene rings is 1. The quantitative estimate of drug-likeness (QED) is 0.729. The van der Waals surface area contributed by atoms with Gasteiger partial charge in [0.1, 0.15) is 5.69 Å². The first kappa shape index (κ1) is 15.0. The van der Waals surface area contributed by atoms with E-state index in [1.165, 1.54) is 4.68 Å². The summed E-state index contributed by atoms with van der Waals surface area (Å²) in [5.74, 6) is -0.539. The van der Waals surface area contributed by atoms with E-state index in [2.05, 4.69) is 15.7 Å². The number of carbonyl (C=O) groups is 1. The first-order chi connectivity index (χ1) is 10.1. The molecule has 21 heavy (non-hydrogen) atoms. The molecule has 0 aliphatic carbocycles. The number of hydrogen-bond donors (Lipinski definition) is 3. The van der Waals surface area contributed by atoms with Crippen LogP contribution in [0, 0.1) is 0 Å². The zero-order chi connectivity index (χ0) is 15.2. The molecule has 2 rings (SSSR count). The van der Waals surface area contributed by atoms with E-state index in [-0.39, 0.29) is 0 Å². The molecule has 1 aromatic heterocycles. The molecule has 4 N–H and O–H groups in total. The number of hydrogen-bond acceptors (Lipinski definition) is 3. The van der Waals surface area contributed by atoms with Crippen molar-refractivity contribution in [3.05, 3.63) is 47.8 Å². The van der Waals surface area contributed by atoms with Crippen molar-refractivity contribution in [3.8, 4) is 0 Å². The van der Waals surface area contributed by atoms with Gasteiger partial charge in [0, 0.05) is 13.1 Å². The normalized spacial score (nSPS) is 10.1. The fourth-order valence-electron chi connectivity index (χ4n) is 1.92. The smallest absolute Gasteiger partial charge is 0.269 e. The minimum absolute atomic E-state index is 0.321. The average molecular weight is 303 g/mol. The van der Waals surface area contributed by atoms with E-state index in [4.69, 9.17) is 18.0 Å². The van der Waals surface area contributed by atoms with Crippen LogP contribution in [0.15, 0.2) is 36.5 Å². The molecule has 0 unspecified atom stereocenters. The van der Waals surface area contributed by atoms with E-state index in [9.17, 15) is 4.79 Å². The number of thiocarbonyl (C=S) groups is 1. The number of nitrogens with zero attached hydrogens (tertiary/aromatic N) is 2. The first-order valence-corrected chi connectivity index (χ1v) is 6.97. The predicted octanol–water partition coefficient (Wildman–Crippen LogP) is 1.49. The van der Waals surface area contributed by atoms with Gasteiger partial charge in [-0.25, -0.2) is 0 Å². The van der Waals surface area contributed by atoms with Crippen molar-refractivity contribution in [3.63, 3.8) is 0 Å². The number of rotatable bonds is 5. The second kappa shape index (κ2) is 6.85. The molecule has 1 aromatic carbocycles. The van der Waals surface area contributed by atoms with E-state index in [1.807, 2.05) is 37.3 Å². The zero-order valence-corrected chi connectivity index (χ0v) is 12.5. The highest BCUT2D eigenvalue weighted by Gasteiger charge is 2.15. The number of aryl methyl sites for hydroxylation is 1. The fourth-order valence-corrected chi connectivity index (χ4v) is 2.10. The van der Waals surface area contributed by atoms with Gasteiger partial charge in [-0.2, -0.15) is 5.10 Å². The van der Waals surface area contributed by atoms with Crippen molar-refractivity contribution in [2.75, 3.05) is 5.32 Å². The minimum atomic E-state index is -0.539. The summed E-state index contributed by atoms with van der Waals surface area (Å²) in [6, 6.07) is 9.88. The summed E-state index contributed by atoms with van der Waals surface area (Å²) >= 11 is 5.22. The summed E-state index contributed by atoms with van der Waals surface area (Å²) in [6.45, 7) is 3.04. The Bertz CT molecular complexity index is 638. The molecule has 0 spiro atoms. The van der Waals surface area contributed by atoms with Crippen LogP contribution in [0.5, 0.6) is 0 Å². The van der Waals surface area contributed by atoms with Crippen LogP contribution in [0.1, 0.15) is 23.0 Å². The molecule has 0 bridgehead atoms. The Morgan fingerprint density at radius 3 is 2.71 bits per heavy atom. The highest BCUT2D eigenvalue weighted by molar-refractivity contribution is 7.80. The average Bonchev–Trinajstić information content (AvgIpc) is 2.89. The third kappa shape index (κ3) is 3.79. The lowest BCUT2D eigenvalue weighted by Crippen LogP contribution is -2.29. The largest absolute Gasteiger partial charge is 0.364 e. The van der Waals surface area contributed by atoms with E-state index >= 15 is 0 Å². The summed E-state index contributed by atoms with van der Waals surface area (Å²) in [7, 11) is 0. The van der Waals surface area contributed by atoms with Crippen molar-refractivity contribution in [2.24, 2.45) is 5.73 Å². The number of aromatic nitrogens is 2. The van der Waals surface area contributed by atoms with E-state index < -0.39 is 5.91 Å². The van der Waals surface area contributed by atoms with Crippen LogP contribution in [-0.2, 0) is 13.1 Å². The van der Waals surface area contributed by atoms with Gasteiger partial charge in [-0.1, -0.05) is 30.3 Å². The van der Waals surface area contributed by atoms with Gasteiger partial charge in [0.2, 0.25) is 0 Å². The molecule has 0 aliphatic rings. The number of anilines is 1. The Kier molecular flexibility index (Phi) is 4.89. The summed E-state index contributed by atoms with van der Waals surface area (Å²) < 4.78 is 1.53. The maximum Gasteiger partial charge on any atom is 0.269 e. The molecule has 0 radical (unpaired) electrons. The number of nitrogens with two attached hydrogens (primary N) is 1. The van der Waals surface area contributed by atoms with Crippen molar-refractivity contribution in [1.29, 1.82) is 0 Å². The Labute approximate surface area is 128 Å². The molecular formula is C14H17N5OS. The summed E-state index contributed by atoms with van der Waals surface area (Å²) in [5.41, 5.74) is 7.31. The van der Waals surface area contributed by atoms with Gasteiger partial charge >= 0.3 is 0 Å². The van der Waals surface area contributed by atoms with Crippen LogP contribution < -0.4 is 16.4 Å². The number of amides is 1. The number of carbonyl (C=O) groups excluding carboxylic acids is 1. The SMILES string of the molecule is CCn1ncc(NC(=S)NCc2ccccc2)c1C(N)=O. The van der Waals surface area contributed by atoms with Gasteiger partial charge in [0.25, 0.3) is 5.91 Å². The van der Waals surface area contributed by atoms with Crippen LogP contribution in [0.2, 0.25) is 0 Å². The van der Waals surface area contributed by atoms with Crippen molar-refractivity contribution in [1.82, 2.24) is 15.1 Å². The lowest BCUT2D eigenvalue weighted by atomic mass is 10.2.